The summed E-state index contributed by atoms with van der Waals surface area (Å²) in [7, 11) is 2.06. The monoisotopic (exact) mass is 429 g/mol. The standard InChI is InChI=1S/C21H22F3N7/c1-14-4-3-5-16(26-14)19-27-18(13-15-6-7-25-17(12-15)21(22,23)24)28-20(29-19)31-10-8-30(2)9-11-31/h3-7,12H,8-11,13H2,1-2H3. The lowest BCUT2D eigenvalue weighted by molar-refractivity contribution is -0.141. The maximum atomic E-state index is 13.0. The van der Waals surface area contributed by atoms with Crippen LogP contribution in [0.1, 0.15) is 22.8 Å². The Morgan fingerprint density at radius 3 is 2.45 bits per heavy atom. The van der Waals surface area contributed by atoms with Crippen LogP contribution in [0.4, 0.5) is 19.1 Å². The number of hydrogen-bond acceptors (Lipinski definition) is 7. The Kier molecular flexibility index (Phi) is 5.81. The van der Waals surface area contributed by atoms with Gasteiger partial charge in [0.2, 0.25) is 5.95 Å². The zero-order chi connectivity index (χ0) is 22.0. The summed E-state index contributed by atoms with van der Waals surface area (Å²) in [6.07, 6.45) is -3.21. The molecule has 1 saturated heterocycles. The van der Waals surface area contributed by atoms with Crippen molar-refractivity contribution in [3.05, 3.63) is 59.3 Å². The Bertz CT molecular complexity index is 1060. The van der Waals surface area contributed by atoms with E-state index in [9.17, 15) is 13.2 Å². The Labute approximate surface area is 178 Å². The molecule has 0 radical (unpaired) electrons. The third-order valence-electron chi connectivity index (χ3n) is 5.05. The summed E-state index contributed by atoms with van der Waals surface area (Å²) in [5, 5.41) is 0. The summed E-state index contributed by atoms with van der Waals surface area (Å²) in [6, 6.07) is 8.13. The highest BCUT2D eigenvalue weighted by Gasteiger charge is 2.32. The number of halogens is 3. The van der Waals surface area contributed by atoms with Crippen LogP contribution < -0.4 is 4.90 Å². The van der Waals surface area contributed by atoms with E-state index in [1.165, 1.54) is 0 Å². The van der Waals surface area contributed by atoms with Gasteiger partial charge in [-0.05, 0) is 43.8 Å². The third-order valence-corrected chi connectivity index (χ3v) is 5.05. The molecule has 0 amide bonds. The topological polar surface area (TPSA) is 70.9 Å². The summed E-state index contributed by atoms with van der Waals surface area (Å²) in [4.78, 5) is 25.9. The van der Waals surface area contributed by atoms with Gasteiger partial charge in [0.05, 0.1) is 0 Å². The van der Waals surface area contributed by atoms with Gasteiger partial charge in [-0.3, -0.25) is 4.98 Å². The number of aryl methyl sites for hydroxylation is 1. The zero-order valence-corrected chi connectivity index (χ0v) is 17.3. The van der Waals surface area contributed by atoms with Gasteiger partial charge in [0.1, 0.15) is 17.2 Å². The number of aromatic nitrogens is 5. The average molecular weight is 429 g/mol. The molecule has 1 aliphatic rings. The largest absolute Gasteiger partial charge is 0.433 e. The molecule has 31 heavy (non-hydrogen) atoms. The molecule has 0 spiro atoms. The second-order valence-corrected chi connectivity index (χ2v) is 7.55. The highest BCUT2D eigenvalue weighted by atomic mass is 19.4. The first-order valence-electron chi connectivity index (χ1n) is 9.92. The Hall–Kier alpha value is -3.14. The molecule has 0 saturated carbocycles. The first kappa shape index (κ1) is 21.1. The lowest BCUT2D eigenvalue weighted by atomic mass is 10.1. The van der Waals surface area contributed by atoms with Gasteiger partial charge in [-0.1, -0.05) is 6.07 Å². The van der Waals surface area contributed by atoms with E-state index in [-0.39, 0.29) is 6.42 Å². The average Bonchev–Trinajstić information content (AvgIpc) is 2.74. The van der Waals surface area contributed by atoms with Crippen LogP contribution in [0.2, 0.25) is 0 Å². The molecule has 0 aliphatic carbocycles. The van der Waals surface area contributed by atoms with Gasteiger partial charge in [0, 0.05) is 44.5 Å². The van der Waals surface area contributed by atoms with Crippen molar-refractivity contribution in [3.8, 4) is 11.5 Å². The minimum atomic E-state index is -4.50. The predicted molar refractivity (Wildman–Crippen MR) is 110 cm³/mol. The summed E-state index contributed by atoms with van der Waals surface area (Å²) >= 11 is 0. The van der Waals surface area contributed by atoms with E-state index >= 15 is 0 Å². The lowest BCUT2D eigenvalue weighted by Gasteiger charge is -2.32. The predicted octanol–water partition coefficient (Wildman–Crippen LogP) is 3.00. The number of nitrogens with zero attached hydrogens (tertiary/aromatic N) is 7. The Morgan fingerprint density at radius 2 is 1.74 bits per heavy atom. The number of pyridine rings is 2. The second kappa shape index (κ2) is 8.54. The van der Waals surface area contributed by atoms with E-state index in [1.54, 1.807) is 6.07 Å². The van der Waals surface area contributed by atoms with Crippen molar-refractivity contribution in [1.29, 1.82) is 0 Å². The lowest BCUT2D eigenvalue weighted by Crippen LogP contribution is -2.45. The van der Waals surface area contributed by atoms with Crippen LogP contribution in [-0.2, 0) is 12.6 Å². The molecular formula is C21H22F3N7. The molecule has 0 unspecified atom stereocenters. The Morgan fingerprint density at radius 1 is 0.968 bits per heavy atom. The van der Waals surface area contributed by atoms with E-state index in [0.717, 1.165) is 44.1 Å². The molecule has 4 rings (SSSR count). The van der Waals surface area contributed by atoms with Crippen molar-refractivity contribution in [2.45, 2.75) is 19.5 Å². The van der Waals surface area contributed by atoms with Gasteiger partial charge in [0.15, 0.2) is 5.82 Å². The van der Waals surface area contributed by atoms with Gasteiger partial charge in [-0.2, -0.15) is 23.1 Å². The maximum Gasteiger partial charge on any atom is 0.433 e. The number of anilines is 1. The van der Waals surface area contributed by atoms with Gasteiger partial charge in [-0.15, -0.1) is 0 Å². The number of hydrogen-bond donors (Lipinski definition) is 0. The molecule has 0 atom stereocenters. The first-order valence-corrected chi connectivity index (χ1v) is 9.92. The summed E-state index contributed by atoms with van der Waals surface area (Å²) in [5.74, 6) is 1.32. The molecule has 0 aromatic carbocycles. The highest BCUT2D eigenvalue weighted by molar-refractivity contribution is 5.52. The molecule has 162 valence electrons. The van der Waals surface area contributed by atoms with Crippen LogP contribution >= 0.6 is 0 Å². The molecule has 0 N–H and O–H groups in total. The SMILES string of the molecule is Cc1cccc(-c2nc(Cc3ccnc(C(F)(F)F)c3)nc(N3CCN(C)CC3)n2)n1. The summed E-state index contributed by atoms with van der Waals surface area (Å²) in [6.45, 7) is 5.14. The third kappa shape index (κ3) is 5.13. The van der Waals surface area contributed by atoms with Crippen LogP contribution in [0.25, 0.3) is 11.5 Å². The van der Waals surface area contributed by atoms with Crippen LogP contribution in [0, 0.1) is 6.92 Å². The number of likely N-dealkylation sites (N-methyl/N-ethyl adjacent to an activating group) is 1. The molecule has 1 aliphatic heterocycles. The molecule has 3 aromatic heterocycles. The fourth-order valence-electron chi connectivity index (χ4n) is 3.34. The van der Waals surface area contributed by atoms with Crippen molar-refractivity contribution >= 4 is 5.95 Å². The molecule has 1 fully saturated rings. The van der Waals surface area contributed by atoms with E-state index in [1.807, 2.05) is 25.1 Å². The second-order valence-electron chi connectivity index (χ2n) is 7.55. The van der Waals surface area contributed by atoms with Crippen molar-refractivity contribution in [2.24, 2.45) is 0 Å². The van der Waals surface area contributed by atoms with Crippen molar-refractivity contribution < 1.29 is 13.2 Å². The molecule has 10 heteroatoms. The summed E-state index contributed by atoms with van der Waals surface area (Å²) < 4.78 is 39.1. The molecule has 4 heterocycles. The van der Waals surface area contributed by atoms with Crippen molar-refractivity contribution in [1.82, 2.24) is 29.8 Å². The highest BCUT2D eigenvalue weighted by Crippen LogP contribution is 2.28. The van der Waals surface area contributed by atoms with Crippen LogP contribution in [0.5, 0.6) is 0 Å². The van der Waals surface area contributed by atoms with Gasteiger partial charge in [-0.25, -0.2) is 9.97 Å². The minimum Gasteiger partial charge on any atom is -0.338 e. The number of piperazine rings is 1. The maximum absolute atomic E-state index is 13.0. The first-order chi connectivity index (χ1) is 14.8. The van der Waals surface area contributed by atoms with Crippen LogP contribution in [0.15, 0.2) is 36.5 Å². The van der Waals surface area contributed by atoms with Gasteiger partial charge >= 0.3 is 6.18 Å². The number of alkyl halides is 3. The summed E-state index contributed by atoms with van der Waals surface area (Å²) in [5.41, 5.74) is 0.925. The quantitative estimate of drug-likeness (QED) is 0.631. The fraction of sp³-hybridized carbons (Fsp3) is 0.381. The van der Waals surface area contributed by atoms with Crippen LogP contribution in [-0.4, -0.2) is 63.0 Å². The van der Waals surface area contributed by atoms with Gasteiger partial charge in [0.25, 0.3) is 0 Å². The van der Waals surface area contributed by atoms with Crippen molar-refractivity contribution in [2.75, 3.05) is 38.1 Å². The van der Waals surface area contributed by atoms with E-state index in [2.05, 4.69) is 41.8 Å². The number of rotatable bonds is 4. The molecule has 0 bridgehead atoms. The van der Waals surface area contributed by atoms with E-state index in [0.29, 0.717) is 28.9 Å². The Balaban J connectivity index is 1.71. The van der Waals surface area contributed by atoms with Crippen molar-refractivity contribution in [3.63, 3.8) is 0 Å². The molecular weight excluding hydrogens is 407 g/mol. The van der Waals surface area contributed by atoms with Gasteiger partial charge < -0.3 is 9.80 Å². The van der Waals surface area contributed by atoms with E-state index in [4.69, 9.17) is 0 Å². The fourth-order valence-corrected chi connectivity index (χ4v) is 3.34. The molecule has 3 aromatic rings. The van der Waals surface area contributed by atoms with E-state index < -0.39 is 11.9 Å². The van der Waals surface area contributed by atoms with Crippen LogP contribution in [0.3, 0.4) is 0 Å². The normalized spacial score (nSPS) is 15.3. The molecule has 7 nitrogen and oxygen atoms in total. The minimum absolute atomic E-state index is 0.133. The zero-order valence-electron chi connectivity index (χ0n) is 17.3. The smallest absolute Gasteiger partial charge is 0.338 e.